The van der Waals surface area contributed by atoms with E-state index in [-0.39, 0.29) is 6.79 Å². The van der Waals surface area contributed by atoms with Gasteiger partial charge in [0.2, 0.25) is 12.7 Å². The number of benzene rings is 1. The molecule has 0 spiro atoms. The van der Waals surface area contributed by atoms with E-state index in [2.05, 4.69) is 20.0 Å². The summed E-state index contributed by atoms with van der Waals surface area (Å²) in [5, 5.41) is 3.26. The molecule has 3 rings (SSSR count). The molecule has 2 aromatic rings. The zero-order valence-electron chi connectivity index (χ0n) is 11.1. The fourth-order valence-electron chi connectivity index (χ4n) is 1.82. The summed E-state index contributed by atoms with van der Waals surface area (Å²) in [5.74, 6) is 2.84. The molecule has 7 heteroatoms. The zero-order valence-corrected chi connectivity index (χ0v) is 12.0. The quantitative estimate of drug-likeness (QED) is 0.839. The van der Waals surface area contributed by atoms with Gasteiger partial charge in [0, 0.05) is 29.8 Å². The van der Waals surface area contributed by atoms with Crippen molar-refractivity contribution in [1.82, 2.24) is 9.97 Å². The number of hydrogen-bond donors (Lipinski definition) is 2. The highest BCUT2D eigenvalue weighted by Crippen LogP contribution is 2.35. The molecule has 0 amide bonds. The van der Waals surface area contributed by atoms with Crippen molar-refractivity contribution in [2.45, 2.75) is 6.92 Å². The maximum atomic E-state index is 5.36. The highest BCUT2D eigenvalue weighted by Gasteiger charge is 2.13. The molecule has 2 heterocycles. The SMILES string of the molecule is CSNc1ncc(C)c(Nc2ccc3c(c2)OCO3)n1. The monoisotopic (exact) mass is 290 g/mol. The number of nitrogens with one attached hydrogen (secondary N) is 2. The van der Waals surface area contributed by atoms with E-state index in [1.54, 1.807) is 6.20 Å². The van der Waals surface area contributed by atoms with Crippen LogP contribution in [0.2, 0.25) is 0 Å². The lowest BCUT2D eigenvalue weighted by atomic mass is 10.2. The van der Waals surface area contributed by atoms with Gasteiger partial charge in [-0.25, -0.2) is 4.98 Å². The summed E-state index contributed by atoms with van der Waals surface area (Å²) >= 11 is 1.45. The van der Waals surface area contributed by atoms with Crippen LogP contribution in [0, 0.1) is 6.92 Å². The fourth-order valence-corrected chi connectivity index (χ4v) is 2.10. The molecule has 1 aromatic heterocycles. The van der Waals surface area contributed by atoms with Gasteiger partial charge in [0.1, 0.15) is 5.82 Å². The Hall–Kier alpha value is -2.15. The molecule has 20 heavy (non-hydrogen) atoms. The third-order valence-electron chi connectivity index (χ3n) is 2.80. The van der Waals surface area contributed by atoms with Crippen LogP contribution in [0.3, 0.4) is 0 Å². The lowest BCUT2D eigenvalue weighted by Gasteiger charge is -2.10. The Morgan fingerprint density at radius 2 is 2.10 bits per heavy atom. The van der Waals surface area contributed by atoms with Crippen molar-refractivity contribution >= 4 is 29.4 Å². The van der Waals surface area contributed by atoms with Gasteiger partial charge >= 0.3 is 0 Å². The Kier molecular flexibility index (Phi) is 3.51. The van der Waals surface area contributed by atoms with E-state index in [0.717, 1.165) is 28.6 Å². The molecular weight excluding hydrogens is 276 g/mol. The number of ether oxygens (including phenoxy) is 2. The van der Waals surface area contributed by atoms with Crippen LogP contribution in [0.15, 0.2) is 24.4 Å². The zero-order chi connectivity index (χ0) is 13.9. The average Bonchev–Trinajstić information content (AvgIpc) is 2.90. The largest absolute Gasteiger partial charge is 0.454 e. The summed E-state index contributed by atoms with van der Waals surface area (Å²) in [5.41, 5.74) is 1.86. The van der Waals surface area contributed by atoms with E-state index in [1.807, 2.05) is 31.4 Å². The third-order valence-corrected chi connectivity index (χ3v) is 3.19. The van der Waals surface area contributed by atoms with Crippen molar-refractivity contribution in [3.8, 4) is 11.5 Å². The molecule has 6 nitrogen and oxygen atoms in total. The number of anilines is 3. The molecule has 0 fully saturated rings. The van der Waals surface area contributed by atoms with E-state index in [4.69, 9.17) is 9.47 Å². The van der Waals surface area contributed by atoms with Crippen molar-refractivity contribution in [2.75, 3.05) is 23.1 Å². The number of hydrogen-bond acceptors (Lipinski definition) is 7. The molecule has 0 aliphatic carbocycles. The predicted molar refractivity (Wildman–Crippen MR) is 79.8 cm³/mol. The van der Waals surface area contributed by atoms with E-state index in [9.17, 15) is 0 Å². The fraction of sp³-hybridized carbons (Fsp3) is 0.231. The Morgan fingerprint density at radius 1 is 1.25 bits per heavy atom. The molecule has 1 aliphatic heterocycles. The number of rotatable bonds is 4. The minimum Gasteiger partial charge on any atom is -0.454 e. The molecule has 0 saturated carbocycles. The molecule has 1 aromatic carbocycles. The first kappa shape index (κ1) is 12.9. The van der Waals surface area contributed by atoms with Gasteiger partial charge in [0.05, 0.1) is 0 Å². The van der Waals surface area contributed by atoms with Gasteiger partial charge in [-0.05, 0) is 19.1 Å². The highest BCUT2D eigenvalue weighted by atomic mass is 32.2. The Morgan fingerprint density at radius 3 is 2.95 bits per heavy atom. The topological polar surface area (TPSA) is 68.3 Å². The van der Waals surface area contributed by atoms with Crippen LogP contribution < -0.4 is 19.5 Å². The first-order valence-electron chi connectivity index (χ1n) is 6.05. The van der Waals surface area contributed by atoms with Crippen LogP contribution in [0.4, 0.5) is 17.5 Å². The second-order valence-corrected chi connectivity index (χ2v) is 4.84. The highest BCUT2D eigenvalue weighted by molar-refractivity contribution is 7.99. The minimum absolute atomic E-state index is 0.271. The molecule has 0 saturated heterocycles. The summed E-state index contributed by atoms with van der Waals surface area (Å²) in [6.45, 7) is 2.23. The van der Waals surface area contributed by atoms with Crippen molar-refractivity contribution in [1.29, 1.82) is 0 Å². The van der Waals surface area contributed by atoms with Gasteiger partial charge < -0.3 is 14.8 Å². The smallest absolute Gasteiger partial charge is 0.234 e. The maximum absolute atomic E-state index is 5.36. The number of aromatic nitrogens is 2. The second-order valence-electron chi connectivity index (χ2n) is 4.22. The van der Waals surface area contributed by atoms with Crippen molar-refractivity contribution < 1.29 is 9.47 Å². The molecule has 0 bridgehead atoms. The molecule has 0 radical (unpaired) electrons. The van der Waals surface area contributed by atoms with Crippen LogP contribution in [-0.2, 0) is 0 Å². The lowest BCUT2D eigenvalue weighted by Crippen LogP contribution is -2.01. The molecule has 0 unspecified atom stereocenters. The summed E-state index contributed by atoms with van der Waals surface area (Å²) in [4.78, 5) is 8.63. The van der Waals surface area contributed by atoms with Crippen molar-refractivity contribution in [3.05, 3.63) is 30.0 Å². The summed E-state index contributed by atoms with van der Waals surface area (Å²) in [6, 6.07) is 5.70. The number of fused-ring (bicyclic) bond motifs is 1. The van der Waals surface area contributed by atoms with E-state index in [1.165, 1.54) is 11.9 Å². The van der Waals surface area contributed by atoms with Gasteiger partial charge in [-0.15, -0.1) is 0 Å². The molecule has 0 atom stereocenters. The normalized spacial score (nSPS) is 12.3. The van der Waals surface area contributed by atoms with Crippen molar-refractivity contribution in [2.24, 2.45) is 0 Å². The third kappa shape index (κ3) is 2.57. The minimum atomic E-state index is 0.271. The van der Waals surface area contributed by atoms with Crippen molar-refractivity contribution in [3.63, 3.8) is 0 Å². The Balaban J connectivity index is 1.85. The van der Waals surface area contributed by atoms with E-state index >= 15 is 0 Å². The summed E-state index contributed by atoms with van der Waals surface area (Å²) in [7, 11) is 0. The molecular formula is C13H14N4O2S. The number of aryl methyl sites for hydroxylation is 1. The first-order chi connectivity index (χ1) is 9.76. The summed E-state index contributed by atoms with van der Waals surface area (Å²) < 4.78 is 13.7. The van der Waals surface area contributed by atoms with Gasteiger partial charge in [-0.2, -0.15) is 4.98 Å². The van der Waals surface area contributed by atoms with E-state index in [0.29, 0.717) is 5.95 Å². The standard InChI is InChI=1S/C13H14N4O2S/c1-8-6-14-13(17-20-2)16-12(8)15-9-3-4-10-11(5-9)19-7-18-10/h3-6H,7H2,1-2H3,(H2,14,15,16,17). The van der Waals surface area contributed by atoms with Crippen LogP contribution in [0.1, 0.15) is 5.56 Å². The second kappa shape index (κ2) is 5.46. The Labute approximate surface area is 121 Å². The van der Waals surface area contributed by atoms with Gasteiger partial charge in [-0.3, -0.25) is 4.72 Å². The summed E-state index contributed by atoms with van der Waals surface area (Å²) in [6.07, 6.45) is 3.70. The molecule has 1 aliphatic rings. The average molecular weight is 290 g/mol. The molecule has 104 valence electrons. The van der Waals surface area contributed by atoms with E-state index < -0.39 is 0 Å². The molecule has 2 N–H and O–H groups in total. The van der Waals surface area contributed by atoms with Crippen LogP contribution in [-0.4, -0.2) is 23.0 Å². The maximum Gasteiger partial charge on any atom is 0.234 e. The van der Waals surface area contributed by atoms with Crippen LogP contribution in [0.25, 0.3) is 0 Å². The van der Waals surface area contributed by atoms with Gasteiger partial charge in [-0.1, -0.05) is 11.9 Å². The lowest BCUT2D eigenvalue weighted by molar-refractivity contribution is 0.174. The van der Waals surface area contributed by atoms with Crippen LogP contribution in [0.5, 0.6) is 11.5 Å². The van der Waals surface area contributed by atoms with Gasteiger partial charge in [0.15, 0.2) is 11.5 Å². The Bertz CT molecular complexity index is 636. The number of nitrogens with zero attached hydrogens (tertiary/aromatic N) is 2. The van der Waals surface area contributed by atoms with Gasteiger partial charge in [0.25, 0.3) is 0 Å². The predicted octanol–water partition coefficient (Wildman–Crippen LogP) is 2.95. The first-order valence-corrected chi connectivity index (χ1v) is 7.28. The van der Waals surface area contributed by atoms with Crippen LogP contribution >= 0.6 is 11.9 Å².